The molecule has 1 aliphatic rings. The molecule has 7 heteroatoms. The predicted molar refractivity (Wildman–Crippen MR) is 115 cm³/mol. The van der Waals surface area contributed by atoms with E-state index in [0.29, 0.717) is 5.92 Å². The summed E-state index contributed by atoms with van der Waals surface area (Å²) in [5.41, 5.74) is 2.05. The zero-order chi connectivity index (χ0) is 20.6. The second-order valence-electron chi connectivity index (χ2n) is 7.85. The van der Waals surface area contributed by atoms with Crippen LogP contribution < -0.4 is 5.32 Å². The minimum absolute atomic E-state index is 0.104. The highest BCUT2D eigenvalue weighted by atomic mass is 16.2. The van der Waals surface area contributed by atoms with Crippen LogP contribution in [0.15, 0.2) is 42.9 Å². The van der Waals surface area contributed by atoms with E-state index in [9.17, 15) is 4.79 Å². The van der Waals surface area contributed by atoms with E-state index in [1.165, 1.54) is 0 Å². The first-order chi connectivity index (χ1) is 14.0. The van der Waals surface area contributed by atoms with E-state index in [1.807, 2.05) is 55.1 Å². The Kier molecular flexibility index (Phi) is 7.30. The maximum absolute atomic E-state index is 12.4. The summed E-state index contributed by atoms with van der Waals surface area (Å²) in [4.78, 5) is 29.6. The third-order valence-corrected chi connectivity index (χ3v) is 5.04. The number of likely N-dealkylation sites (N-methyl/N-ethyl adjacent to an activating group) is 1. The summed E-state index contributed by atoms with van der Waals surface area (Å²) < 4.78 is 0. The molecule has 7 nitrogen and oxygen atoms in total. The Labute approximate surface area is 172 Å². The SMILES string of the molecule is Cc1cccnc1Nc1cc(C[C@@H]2CCCN(C(=O)/C=C/CN(C)C)C2)ncn1. The zero-order valence-corrected chi connectivity index (χ0v) is 17.5. The van der Waals surface area contributed by atoms with Crippen LogP contribution in [-0.2, 0) is 11.2 Å². The van der Waals surface area contributed by atoms with Crippen LogP contribution in [-0.4, -0.2) is 64.4 Å². The lowest BCUT2D eigenvalue weighted by atomic mass is 9.93. The number of likely N-dealkylation sites (tertiary alicyclic amines) is 1. The van der Waals surface area contributed by atoms with E-state index in [1.54, 1.807) is 18.6 Å². The van der Waals surface area contributed by atoms with Gasteiger partial charge in [-0.15, -0.1) is 0 Å². The van der Waals surface area contributed by atoms with Gasteiger partial charge in [0.15, 0.2) is 0 Å². The third-order valence-electron chi connectivity index (χ3n) is 5.04. The van der Waals surface area contributed by atoms with Gasteiger partial charge < -0.3 is 15.1 Å². The molecule has 0 radical (unpaired) electrons. The van der Waals surface area contributed by atoms with Crippen molar-refractivity contribution in [2.24, 2.45) is 5.92 Å². The molecule has 0 bridgehead atoms. The highest BCUT2D eigenvalue weighted by molar-refractivity contribution is 5.87. The molecule has 2 aromatic heterocycles. The lowest BCUT2D eigenvalue weighted by molar-refractivity contribution is -0.127. The summed E-state index contributed by atoms with van der Waals surface area (Å²) in [6, 6.07) is 5.90. The van der Waals surface area contributed by atoms with Crippen LogP contribution >= 0.6 is 0 Å². The van der Waals surface area contributed by atoms with Gasteiger partial charge in [-0.2, -0.15) is 0 Å². The van der Waals surface area contributed by atoms with Gasteiger partial charge in [0.1, 0.15) is 18.0 Å². The summed E-state index contributed by atoms with van der Waals surface area (Å²) in [6.07, 6.45) is 9.95. The number of nitrogens with zero attached hydrogens (tertiary/aromatic N) is 5. The monoisotopic (exact) mass is 394 g/mol. The Morgan fingerprint density at radius 3 is 3.00 bits per heavy atom. The summed E-state index contributed by atoms with van der Waals surface area (Å²) in [6.45, 7) is 4.39. The fourth-order valence-corrected chi connectivity index (χ4v) is 3.51. The molecule has 1 saturated heterocycles. The number of anilines is 2. The predicted octanol–water partition coefficient (Wildman–Crippen LogP) is 2.82. The van der Waals surface area contributed by atoms with Gasteiger partial charge in [-0.3, -0.25) is 4.79 Å². The number of aryl methyl sites for hydroxylation is 1. The van der Waals surface area contributed by atoms with Crippen LogP contribution in [0.3, 0.4) is 0 Å². The molecule has 3 rings (SSSR count). The number of carbonyl (C=O) groups is 1. The van der Waals surface area contributed by atoms with Crippen LogP contribution in [0.4, 0.5) is 11.6 Å². The quantitative estimate of drug-likeness (QED) is 0.728. The molecular formula is C22H30N6O. The lowest BCUT2D eigenvalue weighted by Crippen LogP contribution is -2.39. The van der Waals surface area contributed by atoms with E-state index in [0.717, 1.165) is 61.8 Å². The number of hydrogen-bond acceptors (Lipinski definition) is 6. The molecule has 0 spiro atoms. The minimum atomic E-state index is 0.104. The van der Waals surface area contributed by atoms with E-state index in [-0.39, 0.29) is 5.91 Å². The molecule has 2 aromatic rings. The van der Waals surface area contributed by atoms with Gasteiger partial charge in [-0.25, -0.2) is 15.0 Å². The minimum Gasteiger partial charge on any atom is -0.339 e. The number of amides is 1. The van der Waals surface area contributed by atoms with Crippen LogP contribution in [0.5, 0.6) is 0 Å². The number of rotatable bonds is 7. The van der Waals surface area contributed by atoms with Gasteiger partial charge in [0.05, 0.1) is 0 Å². The molecule has 0 saturated carbocycles. The molecule has 1 fully saturated rings. The van der Waals surface area contributed by atoms with Crippen molar-refractivity contribution in [1.29, 1.82) is 0 Å². The fourth-order valence-electron chi connectivity index (χ4n) is 3.51. The van der Waals surface area contributed by atoms with Gasteiger partial charge in [0, 0.05) is 43.7 Å². The second kappa shape index (κ2) is 10.1. The van der Waals surface area contributed by atoms with E-state index in [2.05, 4.69) is 20.3 Å². The number of aromatic nitrogens is 3. The number of hydrogen-bond donors (Lipinski definition) is 1. The molecular weight excluding hydrogens is 364 g/mol. The van der Waals surface area contributed by atoms with Crippen molar-refractivity contribution in [3.05, 3.63) is 54.1 Å². The van der Waals surface area contributed by atoms with Gasteiger partial charge in [-0.1, -0.05) is 12.1 Å². The van der Waals surface area contributed by atoms with Gasteiger partial charge >= 0.3 is 0 Å². The molecule has 0 unspecified atom stereocenters. The van der Waals surface area contributed by atoms with Gasteiger partial charge in [-0.05, 0) is 57.8 Å². The number of carbonyl (C=O) groups excluding carboxylic acids is 1. The Morgan fingerprint density at radius 1 is 1.34 bits per heavy atom. The number of pyridine rings is 1. The first kappa shape index (κ1) is 20.9. The fraction of sp³-hybridized carbons (Fsp3) is 0.455. The Balaban J connectivity index is 1.59. The van der Waals surface area contributed by atoms with Gasteiger partial charge in [0.2, 0.25) is 5.91 Å². The first-order valence-corrected chi connectivity index (χ1v) is 10.1. The molecule has 1 amide bonds. The van der Waals surface area contributed by atoms with Crippen LogP contribution in [0, 0.1) is 12.8 Å². The average molecular weight is 395 g/mol. The normalized spacial score (nSPS) is 17.1. The smallest absolute Gasteiger partial charge is 0.246 e. The van der Waals surface area contributed by atoms with Crippen molar-refractivity contribution in [1.82, 2.24) is 24.8 Å². The highest BCUT2D eigenvalue weighted by Crippen LogP contribution is 2.22. The molecule has 154 valence electrons. The van der Waals surface area contributed by atoms with Crippen LogP contribution in [0.1, 0.15) is 24.1 Å². The molecule has 0 aromatic carbocycles. The number of piperidine rings is 1. The number of nitrogens with one attached hydrogen (secondary N) is 1. The van der Waals surface area contributed by atoms with Crippen molar-refractivity contribution in [3.8, 4) is 0 Å². The van der Waals surface area contributed by atoms with E-state index >= 15 is 0 Å². The van der Waals surface area contributed by atoms with Crippen molar-refractivity contribution >= 4 is 17.5 Å². The molecule has 0 aliphatic carbocycles. The van der Waals surface area contributed by atoms with Gasteiger partial charge in [0.25, 0.3) is 0 Å². The van der Waals surface area contributed by atoms with Crippen LogP contribution in [0.25, 0.3) is 0 Å². The summed E-state index contributed by atoms with van der Waals surface area (Å²) in [5, 5.41) is 3.27. The average Bonchev–Trinajstić information content (AvgIpc) is 2.70. The second-order valence-corrected chi connectivity index (χ2v) is 7.85. The Bertz CT molecular complexity index is 851. The Hall–Kier alpha value is -2.80. The maximum Gasteiger partial charge on any atom is 0.246 e. The topological polar surface area (TPSA) is 74.2 Å². The maximum atomic E-state index is 12.4. The molecule has 1 aliphatic heterocycles. The lowest BCUT2D eigenvalue weighted by Gasteiger charge is -2.32. The Morgan fingerprint density at radius 2 is 2.21 bits per heavy atom. The van der Waals surface area contributed by atoms with Crippen molar-refractivity contribution < 1.29 is 4.79 Å². The molecule has 1 N–H and O–H groups in total. The molecule has 3 heterocycles. The van der Waals surface area contributed by atoms with E-state index < -0.39 is 0 Å². The largest absolute Gasteiger partial charge is 0.339 e. The summed E-state index contributed by atoms with van der Waals surface area (Å²) in [5.74, 6) is 2.06. The first-order valence-electron chi connectivity index (χ1n) is 10.1. The summed E-state index contributed by atoms with van der Waals surface area (Å²) in [7, 11) is 3.98. The summed E-state index contributed by atoms with van der Waals surface area (Å²) >= 11 is 0. The van der Waals surface area contributed by atoms with E-state index in [4.69, 9.17) is 0 Å². The third kappa shape index (κ3) is 6.35. The van der Waals surface area contributed by atoms with Crippen molar-refractivity contribution in [3.63, 3.8) is 0 Å². The molecule has 29 heavy (non-hydrogen) atoms. The van der Waals surface area contributed by atoms with Crippen molar-refractivity contribution in [2.75, 3.05) is 39.0 Å². The zero-order valence-electron chi connectivity index (χ0n) is 17.5. The standard InChI is InChI=1S/C22H30N6O/c1-17-7-4-10-23-22(17)26-20-14-19(24-16-25-20)13-18-8-5-12-28(15-18)21(29)9-6-11-27(2)3/h4,6-7,9-10,14,16,18H,5,8,11-13,15H2,1-3H3,(H,23,24,25,26)/b9-6+/t18-/m0/s1. The van der Waals surface area contributed by atoms with Crippen molar-refractivity contribution in [2.45, 2.75) is 26.2 Å². The molecule has 1 atom stereocenters. The highest BCUT2D eigenvalue weighted by Gasteiger charge is 2.23. The van der Waals surface area contributed by atoms with Crippen LogP contribution in [0.2, 0.25) is 0 Å².